The molecule has 0 bridgehead atoms. The van der Waals surface area contributed by atoms with Crippen LogP contribution in [0.1, 0.15) is 18.9 Å². The highest BCUT2D eigenvalue weighted by molar-refractivity contribution is 7.92. The van der Waals surface area contributed by atoms with Crippen LogP contribution >= 0.6 is 0 Å². The fourth-order valence-corrected chi connectivity index (χ4v) is 3.90. The van der Waals surface area contributed by atoms with E-state index in [1.54, 1.807) is 25.1 Å². The minimum atomic E-state index is -3.53. The van der Waals surface area contributed by atoms with Gasteiger partial charge in [0.15, 0.2) is 0 Å². The molecule has 7 nitrogen and oxygen atoms in total. The average molecular weight is 327 g/mol. The maximum atomic E-state index is 12.2. The third kappa shape index (κ3) is 3.69. The number of hydrogen-bond acceptors (Lipinski definition) is 4. The third-order valence-corrected chi connectivity index (χ3v) is 5.08. The van der Waals surface area contributed by atoms with Gasteiger partial charge in [0.1, 0.15) is 0 Å². The molecule has 0 saturated carbocycles. The highest BCUT2D eigenvalue weighted by atomic mass is 32.2. The minimum absolute atomic E-state index is 0.132. The number of rotatable bonds is 5. The number of sulfonamides is 1. The molecule has 2 rings (SSSR count). The number of hydrogen-bond donors (Lipinski definition) is 2. The molecule has 22 heavy (non-hydrogen) atoms. The molecule has 3 N–H and O–H groups in total. The first-order valence-corrected chi connectivity index (χ1v) is 8.71. The van der Waals surface area contributed by atoms with Gasteiger partial charge in [-0.05, 0) is 31.9 Å². The van der Waals surface area contributed by atoms with E-state index in [0.29, 0.717) is 24.3 Å². The zero-order chi connectivity index (χ0) is 16.3. The van der Waals surface area contributed by atoms with Gasteiger partial charge < -0.3 is 10.5 Å². The molecule has 1 aliphatic rings. The van der Waals surface area contributed by atoms with Crippen molar-refractivity contribution in [2.24, 2.45) is 5.73 Å². The summed E-state index contributed by atoms with van der Waals surface area (Å²) in [5.41, 5.74) is 7.33. The van der Waals surface area contributed by atoms with Crippen LogP contribution in [0.2, 0.25) is 0 Å². The Hall–Kier alpha value is -1.80. The summed E-state index contributed by atoms with van der Waals surface area (Å²) in [6, 6.07) is 4.64. The predicted molar refractivity (Wildman–Crippen MR) is 85.6 cm³/mol. The number of benzene rings is 1. The van der Waals surface area contributed by atoms with E-state index in [1.165, 1.54) is 12.0 Å². The van der Waals surface area contributed by atoms with Crippen molar-refractivity contribution in [3.8, 4) is 0 Å². The average Bonchev–Trinajstić information content (AvgIpc) is 2.45. The highest BCUT2D eigenvalue weighted by Gasteiger charge is 2.24. The number of ether oxygens (including phenoxy) is 1. The lowest BCUT2D eigenvalue weighted by Gasteiger charge is -2.29. The van der Waals surface area contributed by atoms with Crippen LogP contribution < -0.4 is 15.4 Å². The van der Waals surface area contributed by atoms with Crippen molar-refractivity contribution < 1.29 is 17.9 Å². The first-order chi connectivity index (χ1) is 10.3. The smallest absolute Gasteiger partial charge is 0.319 e. The number of methoxy groups -OCH3 is 1. The van der Waals surface area contributed by atoms with Crippen LogP contribution in [-0.4, -0.2) is 40.0 Å². The van der Waals surface area contributed by atoms with Gasteiger partial charge in [0.25, 0.3) is 0 Å². The van der Waals surface area contributed by atoms with Gasteiger partial charge in [-0.3, -0.25) is 9.62 Å². The molecule has 8 heteroatoms. The fourth-order valence-electron chi connectivity index (χ4n) is 2.54. The van der Waals surface area contributed by atoms with Gasteiger partial charge in [-0.25, -0.2) is 13.2 Å². The molecule has 1 aromatic rings. The van der Waals surface area contributed by atoms with Gasteiger partial charge in [0.05, 0.1) is 23.2 Å². The van der Waals surface area contributed by atoms with E-state index in [4.69, 9.17) is 10.5 Å². The van der Waals surface area contributed by atoms with E-state index in [0.717, 1.165) is 12.0 Å². The van der Waals surface area contributed by atoms with Crippen LogP contribution in [0.5, 0.6) is 0 Å². The molecular formula is C14H21N3O4S. The number of nitrogens with two attached hydrogens (primary N) is 1. The van der Waals surface area contributed by atoms with E-state index in [1.807, 2.05) is 0 Å². The van der Waals surface area contributed by atoms with Gasteiger partial charge in [-0.15, -0.1) is 0 Å². The second-order valence-electron chi connectivity index (χ2n) is 5.33. The van der Waals surface area contributed by atoms with Crippen molar-refractivity contribution in [3.63, 3.8) is 0 Å². The Labute approximate surface area is 130 Å². The summed E-state index contributed by atoms with van der Waals surface area (Å²) in [5, 5.41) is 0. The van der Waals surface area contributed by atoms with E-state index < -0.39 is 22.2 Å². The Kier molecular flexibility index (Phi) is 4.92. The molecule has 0 radical (unpaired) electrons. The van der Waals surface area contributed by atoms with Crippen molar-refractivity contribution >= 4 is 27.4 Å². The molecule has 1 aromatic carbocycles. The molecule has 0 aromatic heterocycles. The number of primary amides is 1. The molecular weight excluding hydrogens is 306 g/mol. The largest absolute Gasteiger partial charge is 0.381 e. The van der Waals surface area contributed by atoms with Gasteiger partial charge in [-0.2, -0.15) is 0 Å². The standard InChI is InChI=1S/C14H21N3O4S/c1-10(21-2)9-22(19,20)16-12-6-3-7-13-11(12)5-4-8-17(13)14(15)18/h3,6-7,10,16H,4-5,8-9H2,1-2H3,(H2,15,18)/t10-/m0/s1. The molecule has 0 saturated heterocycles. The summed E-state index contributed by atoms with van der Waals surface area (Å²) in [6.07, 6.45) is 1.03. The van der Waals surface area contributed by atoms with Crippen molar-refractivity contribution in [1.29, 1.82) is 0 Å². The first kappa shape index (κ1) is 16.6. The molecule has 0 unspecified atom stereocenters. The molecule has 122 valence electrons. The van der Waals surface area contributed by atoms with Gasteiger partial charge >= 0.3 is 6.03 Å². The Bertz CT molecular complexity index is 660. The second-order valence-corrected chi connectivity index (χ2v) is 7.09. The van der Waals surface area contributed by atoms with E-state index >= 15 is 0 Å². The minimum Gasteiger partial charge on any atom is -0.381 e. The summed E-state index contributed by atoms with van der Waals surface area (Å²) < 4.78 is 31.9. The lowest BCUT2D eigenvalue weighted by molar-refractivity contribution is 0.136. The van der Waals surface area contributed by atoms with Crippen LogP contribution in [0.4, 0.5) is 16.2 Å². The number of nitrogens with one attached hydrogen (secondary N) is 1. The summed E-state index contributed by atoms with van der Waals surface area (Å²) >= 11 is 0. The number of fused-ring (bicyclic) bond motifs is 1. The summed E-state index contributed by atoms with van der Waals surface area (Å²) in [4.78, 5) is 13.0. The normalized spacial score (nSPS) is 16.0. The van der Waals surface area contributed by atoms with Crippen LogP contribution in [-0.2, 0) is 21.2 Å². The Morgan fingerprint density at radius 2 is 2.23 bits per heavy atom. The second kappa shape index (κ2) is 6.53. The van der Waals surface area contributed by atoms with Gasteiger partial charge in [0.2, 0.25) is 10.0 Å². The molecule has 1 heterocycles. The Morgan fingerprint density at radius 3 is 2.86 bits per heavy atom. The lowest BCUT2D eigenvalue weighted by atomic mass is 10.0. The third-order valence-electron chi connectivity index (χ3n) is 3.64. The quantitative estimate of drug-likeness (QED) is 0.851. The van der Waals surface area contributed by atoms with Crippen LogP contribution in [0.25, 0.3) is 0 Å². The summed E-state index contributed by atoms with van der Waals surface area (Å²) in [6.45, 7) is 2.23. The van der Waals surface area contributed by atoms with Crippen molar-refractivity contribution in [2.75, 3.05) is 29.0 Å². The number of carbonyl (C=O) groups excluding carboxylic acids is 1. The predicted octanol–water partition coefficient (Wildman–Crippen LogP) is 1.29. The maximum Gasteiger partial charge on any atom is 0.319 e. The van der Waals surface area contributed by atoms with Crippen molar-refractivity contribution in [1.82, 2.24) is 0 Å². The lowest BCUT2D eigenvalue weighted by Crippen LogP contribution is -2.39. The molecule has 0 aliphatic carbocycles. The number of nitrogens with zero attached hydrogens (tertiary/aromatic N) is 1. The molecule has 1 atom stereocenters. The number of urea groups is 1. The molecule has 2 amide bonds. The number of amides is 2. The SMILES string of the molecule is CO[C@@H](C)CS(=O)(=O)Nc1cccc2c1CCCN2C(N)=O. The van der Waals surface area contributed by atoms with Crippen LogP contribution in [0, 0.1) is 0 Å². The molecule has 0 spiro atoms. The van der Waals surface area contributed by atoms with Gasteiger partial charge in [0, 0.05) is 19.2 Å². The van der Waals surface area contributed by atoms with E-state index in [9.17, 15) is 13.2 Å². The number of carbonyl (C=O) groups is 1. The highest BCUT2D eigenvalue weighted by Crippen LogP contribution is 2.33. The van der Waals surface area contributed by atoms with Gasteiger partial charge in [-0.1, -0.05) is 6.07 Å². The monoisotopic (exact) mass is 327 g/mol. The maximum absolute atomic E-state index is 12.2. The summed E-state index contributed by atoms with van der Waals surface area (Å²) in [5.74, 6) is -0.132. The molecule has 1 aliphatic heterocycles. The zero-order valence-electron chi connectivity index (χ0n) is 12.7. The van der Waals surface area contributed by atoms with Crippen molar-refractivity contribution in [3.05, 3.63) is 23.8 Å². The molecule has 0 fully saturated rings. The number of anilines is 2. The topological polar surface area (TPSA) is 102 Å². The zero-order valence-corrected chi connectivity index (χ0v) is 13.5. The first-order valence-electron chi connectivity index (χ1n) is 7.06. The van der Waals surface area contributed by atoms with E-state index in [-0.39, 0.29) is 5.75 Å². The van der Waals surface area contributed by atoms with Crippen LogP contribution in [0.15, 0.2) is 18.2 Å². The fraction of sp³-hybridized carbons (Fsp3) is 0.500. The Balaban J connectivity index is 2.30. The Morgan fingerprint density at radius 1 is 1.50 bits per heavy atom. The van der Waals surface area contributed by atoms with E-state index in [2.05, 4.69) is 4.72 Å². The van der Waals surface area contributed by atoms with Crippen molar-refractivity contribution in [2.45, 2.75) is 25.9 Å². The summed E-state index contributed by atoms with van der Waals surface area (Å²) in [7, 11) is -2.06. The van der Waals surface area contributed by atoms with Crippen LogP contribution in [0.3, 0.4) is 0 Å².